The van der Waals surface area contributed by atoms with Crippen LogP contribution in [0, 0.1) is 0 Å². The van der Waals surface area contributed by atoms with E-state index in [4.69, 9.17) is 0 Å². The number of amides is 1. The standard InChI is InChI=1S/C20H24N4O2/c25-19-9-5-4-8-18(19)14-21-22-20(26)16-24-12-10-23(11-13-24)15-17-6-2-1-3-7-17/h1-9,14,25H,10-13,15-16H2,(H,22,26)/b21-14+. The summed E-state index contributed by atoms with van der Waals surface area (Å²) in [6.07, 6.45) is 1.45. The number of rotatable bonds is 6. The number of nitrogens with one attached hydrogen (secondary N) is 1. The molecule has 0 radical (unpaired) electrons. The van der Waals surface area contributed by atoms with Gasteiger partial charge in [-0.3, -0.25) is 14.6 Å². The van der Waals surface area contributed by atoms with Crippen LogP contribution in [-0.2, 0) is 11.3 Å². The predicted octanol–water partition coefficient (Wildman–Crippen LogP) is 1.66. The van der Waals surface area contributed by atoms with Crippen molar-refractivity contribution in [3.05, 3.63) is 65.7 Å². The Labute approximate surface area is 153 Å². The third-order valence-corrected chi connectivity index (χ3v) is 4.41. The number of piperazine rings is 1. The number of hydrazone groups is 1. The highest BCUT2D eigenvalue weighted by Gasteiger charge is 2.18. The molecule has 1 aliphatic rings. The Hall–Kier alpha value is -2.70. The van der Waals surface area contributed by atoms with Gasteiger partial charge in [0.15, 0.2) is 0 Å². The van der Waals surface area contributed by atoms with Gasteiger partial charge in [0.1, 0.15) is 5.75 Å². The van der Waals surface area contributed by atoms with Crippen LogP contribution in [0.5, 0.6) is 5.75 Å². The van der Waals surface area contributed by atoms with E-state index in [1.165, 1.54) is 11.8 Å². The van der Waals surface area contributed by atoms with Gasteiger partial charge in [-0.15, -0.1) is 0 Å². The van der Waals surface area contributed by atoms with E-state index in [1.807, 2.05) is 6.07 Å². The Morgan fingerprint density at radius 3 is 2.38 bits per heavy atom. The quantitative estimate of drug-likeness (QED) is 0.613. The Morgan fingerprint density at radius 2 is 1.65 bits per heavy atom. The minimum absolute atomic E-state index is 0.139. The lowest BCUT2D eigenvalue weighted by atomic mass is 10.2. The largest absolute Gasteiger partial charge is 0.507 e. The van der Waals surface area contributed by atoms with Crippen molar-refractivity contribution in [2.75, 3.05) is 32.7 Å². The molecule has 1 amide bonds. The third kappa shape index (κ3) is 5.40. The number of nitrogens with zero attached hydrogens (tertiary/aromatic N) is 3. The van der Waals surface area contributed by atoms with Gasteiger partial charge in [-0.1, -0.05) is 42.5 Å². The summed E-state index contributed by atoms with van der Waals surface area (Å²) in [6.45, 7) is 4.91. The summed E-state index contributed by atoms with van der Waals surface area (Å²) in [5.41, 5.74) is 4.41. The van der Waals surface area contributed by atoms with Gasteiger partial charge in [0.2, 0.25) is 0 Å². The Bertz CT molecular complexity index is 740. The van der Waals surface area contributed by atoms with Crippen LogP contribution in [0.1, 0.15) is 11.1 Å². The van der Waals surface area contributed by atoms with Crippen LogP contribution in [0.25, 0.3) is 0 Å². The predicted molar refractivity (Wildman–Crippen MR) is 102 cm³/mol. The summed E-state index contributed by atoms with van der Waals surface area (Å²) in [4.78, 5) is 16.6. The molecular weight excluding hydrogens is 328 g/mol. The van der Waals surface area contributed by atoms with Crippen LogP contribution >= 0.6 is 0 Å². The average molecular weight is 352 g/mol. The van der Waals surface area contributed by atoms with Gasteiger partial charge in [-0.05, 0) is 17.7 Å². The van der Waals surface area contributed by atoms with Gasteiger partial charge in [-0.25, -0.2) is 5.43 Å². The molecule has 6 nitrogen and oxygen atoms in total. The van der Waals surface area contributed by atoms with E-state index in [0.717, 1.165) is 32.7 Å². The topological polar surface area (TPSA) is 68.2 Å². The molecule has 0 aliphatic carbocycles. The molecule has 2 aromatic rings. The molecule has 6 heteroatoms. The second-order valence-corrected chi connectivity index (χ2v) is 6.39. The lowest BCUT2D eigenvalue weighted by Gasteiger charge is -2.34. The van der Waals surface area contributed by atoms with Gasteiger partial charge in [0, 0.05) is 38.3 Å². The highest BCUT2D eigenvalue weighted by Crippen LogP contribution is 2.12. The maximum atomic E-state index is 12.0. The maximum Gasteiger partial charge on any atom is 0.254 e. The lowest BCUT2D eigenvalue weighted by molar-refractivity contribution is -0.122. The van der Waals surface area contributed by atoms with Crippen LogP contribution in [-0.4, -0.2) is 59.8 Å². The zero-order valence-corrected chi connectivity index (χ0v) is 14.7. The Morgan fingerprint density at radius 1 is 1.00 bits per heavy atom. The number of hydrogen-bond donors (Lipinski definition) is 2. The molecule has 1 aliphatic heterocycles. The molecule has 0 atom stereocenters. The summed E-state index contributed by atoms with van der Waals surface area (Å²) in [5, 5.41) is 13.6. The highest BCUT2D eigenvalue weighted by molar-refractivity contribution is 5.85. The normalized spacial score (nSPS) is 16.0. The van der Waals surface area contributed by atoms with Crippen LogP contribution in [0.4, 0.5) is 0 Å². The van der Waals surface area contributed by atoms with Crippen molar-refractivity contribution in [1.82, 2.24) is 15.2 Å². The molecule has 2 N–H and O–H groups in total. The molecule has 0 bridgehead atoms. The molecular formula is C20H24N4O2. The molecule has 0 unspecified atom stereocenters. The fourth-order valence-electron chi connectivity index (χ4n) is 2.96. The summed E-state index contributed by atoms with van der Waals surface area (Å²) in [7, 11) is 0. The van der Waals surface area contributed by atoms with E-state index in [0.29, 0.717) is 12.1 Å². The fraction of sp³-hybridized carbons (Fsp3) is 0.300. The average Bonchev–Trinajstić information content (AvgIpc) is 2.66. The molecule has 0 saturated carbocycles. The molecule has 3 rings (SSSR count). The number of carbonyl (C=O) groups excluding carboxylic acids is 1. The number of hydrogen-bond acceptors (Lipinski definition) is 5. The van der Waals surface area contributed by atoms with Gasteiger partial charge in [-0.2, -0.15) is 5.10 Å². The van der Waals surface area contributed by atoms with Crippen molar-refractivity contribution in [1.29, 1.82) is 0 Å². The first kappa shape index (κ1) is 18.1. The monoisotopic (exact) mass is 352 g/mol. The van der Waals surface area contributed by atoms with Gasteiger partial charge >= 0.3 is 0 Å². The summed E-state index contributed by atoms with van der Waals surface area (Å²) < 4.78 is 0. The number of benzene rings is 2. The van der Waals surface area contributed by atoms with Crippen molar-refractivity contribution in [3.8, 4) is 5.75 Å². The van der Waals surface area contributed by atoms with E-state index in [1.54, 1.807) is 24.3 Å². The second-order valence-electron chi connectivity index (χ2n) is 6.39. The van der Waals surface area contributed by atoms with Crippen LogP contribution < -0.4 is 5.43 Å². The number of carbonyl (C=O) groups is 1. The smallest absolute Gasteiger partial charge is 0.254 e. The van der Waals surface area contributed by atoms with Gasteiger partial charge < -0.3 is 5.11 Å². The summed E-state index contributed by atoms with van der Waals surface area (Å²) >= 11 is 0. The SMILES string of the molecule is O=C(CN1CCN(Cc2ccccc2)CC1)N/N=C/c1ccccc1O. The number of para-hydroxylation sites is 1. The minimum atomic E-state index is -0.145. The minimum Gasteiger partial charge on any atom is -0.507 e. The van der Waals surface area contributed by atoms with Crippen molar-refractivity contribution < 1.29 is 9.90 Å². The molecule has 1 fully saturated rings. The van der Waals surface area contributed by atoms with Crippen LogP contribution in [0.2, 0.25) is 0 Å². The molecule has 0 spiro atoms. The molecule has 2 aromatic carbocycles. The van der Waals surface area contributed by atoms with Gasteiger partial charge in [0.05, 0.1) is 12.8 Å². The highest BCUT2D eigenvalue weighted by atomic mass is 16.3. The molecule has 1 heterocycles. The molecule has 1 saturated heterocycles. The van der Waals surface area contributed by atoms with Gasteiger partial charge in [0.25, 0.3) is 5.91 Å². The van der Waals surface area contributed by atoms with Crippen molar-refractivity contribution in [3.63, 3.8) is 0 Å². The number of phenolic OH excluding ortho intramolecular Hbond substituents is 1. The van der Waals surface area contributed by atoms with Crippen molar-refractivity contribution in [2.45, 2.75) is 6.54 Å². The van der Waals surface area contributed by atoms with E-state index >= 15 is 0 Å². The van der Waals surface area contributed by atoms with E-state index in [2.05, 4.69) is 44.6 Å². The molecule has 26 heavy (non-hydrogen) atoms. The number of phenols is 1. The van der Waals surface area contributed by atoms with Crippen molar-refractivity contribution in [2.24, 2.45) is 5.10 Å². The zero-order chi connectivity index (χ0) is 18.2. The molecule has 0 aromatic heterocycles. The first-order valence-corrected chi connectivity index (χ1v) is 8.79. The van der Waals surface area contributed by atoms with Crippen molar-refractivity contribution >= 4 is 12.1 Å². The molecule has 136 valence electrons. The first-order chi connectivity index (χ1) is 12.7. The Balaban J connectivity index is 1.39. The maximum absolute atomic E-state index is 12.0. The third-order valence-electron chi connectivity index (χ3n) is 4.41. The summed E-state index contributed by atoms with van der Waals surface area (Å²) in [5.74, 6) is -0.00628. The van der Waals surface area contributed by atoms with E-state index < -0.39 is 0 Å². The number of aromatic hydroxyl groups is 1. The second kappa shape index (κ2) is 9.12. The van der Waals surface area contributed by atoms with Crippen LogP contribution in [0.15, 0.2) is 59.7 Å². The van der Waals surface area contributed by atoms with E-state index in [9.17, 15) is 9.90 Å². The fourth-order valence-corrected chi connectivity index (χ4v) is 2.96. The first-order valence-electron chi connectivity index (χ1n) is 8.79. The van der Waals surface area contributed by atoms with E-state index in [-0.39, 0.29) is 11.7 Å². The van der Waals surface area contributed by atoms with Crippen LogP contribution in [0.3, 0.4) is 0 Å². The Kier molecular flexibility index (Phi) is 6.35. The lowest BCUT2D eigenvalue weighted by Crippen LogP contribution is -2.48. The zero-order valence-electron chi connectivity index (χ0n) is 14.7. The summed E-state index contributed by atoms with van der Waals surface area (Å²) in [6, 6.07) is 17.3.